The third-order valence-corrected chi connectivity index (χ3v) is 1.73. The van der Waals surface area contributed by atoms with Gasteiger partial charge in [0.2, 0.25) is 5.95 Å². The van der Waals surface area contributed by atoms with Gasteiger partial charge < -0.3 is 5.32 Å². The Morgan fingerprint density at radius 3 is 2.67 bits per heavy atom. The minimum atomic E-state index is 0.651. The fourth-order valence-corrected chi connectivity index (χ4v) is 0.912. The Morgan fingerprint density at radius 2 is 2.17 bits per heavy atom. The molecule has 0 fully saturated rings. The lowest BCUT2D eigenvalue weighted by Crippen LogP contribution is -2.05. The molecule has 0 atom stereocenters. The van der Waals surface area contributed by atoms with Crippen molar-refractivity contribution in [2.24, 2.45) is 0 Å². The van der Waals surface area contributed by atoms with E-state index in [2.05, 4.69) is 44.5 Å². The molecular weight excluding hydrogens is 265 g/mol. The number of nitrogens with one attached hydrogen (secondary N) is 1. The molecule has 0 aliphatic carbocycles. The van der Waals surface area contributed by atoms with Crippen LogP contribution in [0.25, 0.3) is 0 Å². The van der Waals surface area contributed by atoms with Crippen molar-refractivity contribution in [2.45, 2.75) is 6.92 Å². The normalized spacial score (nSPS) is 9.50. The lowest BCUT2D eigenvalue weighted by Gasteiger charge is -2.02. The van der Waals surface area contributed by atoms with Crippen molar-refractivity contribution in [3.63, 3.8) is 0 Å². The third kappa shape index (κ3) is 3.17. The fourth-order valence-electron chi connectivity index (χ4n) is 0.634. The van der Waals surface area contributed by atoms with Gasteiger partial charge in [-0.25, -0.2) is 9.97 Å². The Hall–Kier alpha value is -0.650. The molecule has 0 spiro atoms. The van der Waals surface area contributed by atoms with Crippen LogP contribution in [0.15, 0.2) is 24.5 Å². The van der Waals surface area contributed by atoms with Crippen LogP contribution < -0.4 is 5.32 Å². The molecule has 0 aliphatic rings. The first-order valence-electron chi connectivity index (χ1n) is 3.54. The highest BCUT2D eigenvalue weighted by molar-refractivity contribution is 14.1. The summed E-state index contributed by atoms with van der Waals surface area (Å²) >= 11 is 2.17. The van der Waals surface area contributed by atoms with Gasteiger partial charge in [-0.15, -0.1) is 0 Å². The Bertz CT molecular complexity index is 268. The van der Waals surface area contributed by atoms with Gasteiger partial charge in [0.15, 0.2) is 0 Å². The van der Waals surface area contributed by atoms with E-state index < -0.39 is 0 Å². The predicted molar refractivity (Wildman–Crippen MR) is 58.1 cm³/mol. The molecule has 0 unspecified atom stereocenters. The van der Waals surface area contributed by atoms with Gasteiger partial charge in [-0.3, -0.25) is 0 Å². The van der Waals surface area contributed by atoms with Gasteiger partial charge in [-0.1, -0.05) is 12.2 Å². The van der Waals surface area contributed by atoms with E-state index in [1.807, 2.05) is 6.92 Å². The van der Waals surface area contributed by atoms with Crippen LogP contribution in [0.4, 0.5) is 5.95 Å². The average Bonchev–Trinajstić information content (AvgIpc) is 2.03. The monoisotopic (exact) mass is 275 g/mol. The first-order valence-corrected chi connectivity index (χ1v) is 4.62. The van der Waals surface area contributed by atoms with Crippen LogP contribution in [0.2, 0.25) is 0 Å². The van der Waals surface area contributed by atoms with E-state index in [1.165, 1.54) is 0 Å². The smallest absolute Gasteiger partial charge is 0.222 e. The van der Waals surface area contributed by atoms with Crippen LogP contribution in [-0.2, 0) is 0 Å². The molecule has 12 heavy (non-hydrogen) atoms. The van der Waals surface area contributed by atoms with Crippen molar-refractivity contribution in [1.82, 2.24) is 9.97 Å². The van der Waals surface area contributed by atoms with Crippen LogP contribution >= 0.6 is 22.6 Å². The Balaban J connectivity index is 2.53. The van der Waals surface area contributed by atoms with Gasteiger partial charge >= 0.3 is 0 Å². The van der Waals surface area contributed by atoms with Crippen LogP contribution in [0, 0.1) is 3.57 Å². The SMILES string of the molecule is C=C(C)CNc1ncc(I)cn1. The second-order valence-electron chi connectivity index (χ2n) is 2.54. The maximum Gasteiger partial charge on any atom is 0.222 e. The summed E-state index contributed by atoms with van der Waals surface area (Å²) in [5.74, 6) is 0.651. The van der Waals surface area contributed by atoms with Gasteiger partial charge in [0.05, 0.1) is 0 Å². The molecule has 0 saturated heterocycles. The summed E-state index contributed by atoms with van der Waals surface area (Å²) in [5.41, 5.74) is 1.07. The maximum absolute atomic E-state index is 4.08. The van der Waals surface area contributed by atoms with Crippen molar-refractivity contribution in [3.05, 3.63) is 28.1 Å². The topological polar surface area (TPSA) is 37.8 Å². The lowest BCUT2D eigenvalue weighted by molar-refractivity contribution is 1.08. The molecule has 4 heteroatoms. The van der Waals surface area contributed by atoms with E-state index in [1.54, 1.807) is 12.4 Å². The summed E-state index contributed by atoms with van der Waals surface area (Å²) < 4.78 is 1.04. The quantitative estimate of drug-likeness (QED) is 0.678. The zero-order valence-electron chi connectivity index (χ0n) is 6.84. The average molecular weight is 275 g/mol. The summed E-state index contributed by atoms with van der Waals surface area (Å²) in [7, 11) is 0. The second kappa shape index (κ2) is 4.39. The Morgan fingerprint density at radius 1 is 1.58 bits per heavy atom. The molecule has 1 aromatic rings. The molecule has 0 radical (unpaired) electrons. The van der Waals surface area contributed by atoms with Gasteiger partial charge in [-0.2, -0.15) is 0 Å². The van der Waals surface area contributed by atoms with Crippen LogP contribution in [0.5, 0.6) is 0 Å². The van der Waals surface area contributed by atoms with Crippen molar-refractivity contribution in [2.75, 3.05) is 11.9 Å². The highest BCUT2D eigenvalue weighted by atomic mass is 127. The highest BCUT2D eigenvalue weighted by Gasteiger charge is 1.93. The molecule has 1 rings (SSSR count). The molecule has 1 aromatic heterocycles. The zero-order valence-corrected chi connectivity index (χ0v) is 9.00. The van der Waals surface area contributed by atoms with Crippen molar-refractivity contribution in [1.29, 1.82) is 0 Å². The minimum Gasteiger partial charge on any atom is -0.351 e. The van der Waals surface area contributed by atoms with Crippen LogP contribution in [-0.4, -0.2) is 16.5 Å². The molecule has 0 amide bonds. The van der Waals surface area contributed by atoms with Crippen LogP contribution in [0.3, 0.4) is 0 Å². The number of rotatable bonds is 3. The summed E-state index contributed by atoms with van der Waals surface area (Å²) in [4.78, 5) is 8.16. The largest absolute Gasteiger partial charge is 0.351 e. The van der Waals surface area contributed by atoms with Gasteiger partial charge in [0, 0.05) is 22.5 Å². The van der Waals surface area contributed by atoms with E-state index in [-0.39, 0.29) is 0 Å². The fraction of sp³-hybridized carbons (Fsp3) is 0.250. The van der Waals surface area contributed by atoms with Gasteiger partial charge in [-0.05, 0) is 29.5 Å². The number of halogens is 1. The molecule has 1 N–H and O–H groups in total. The van der Waals surface area contributed by atoms with E-state index in [0.717, 1.165) is 15.7 Å². The van der Waals surface area contributed by atoms with E-state index in [9.17, 15) is 0 Å². The molecule has 1 heterocycles. The molecule has 0 aliphatic heterocycles. The summed E-state index contributed by atoms with van der Waals surface area (Å²) in [5, 5.41) is 3.05. The third-order valence-electron chi connectivity index (χ3n) is 1.17. The number of hydrogen-bond acceptors (Lipinski definition) is 3. The van der Waals surface area contributed by atoms with E-state index in [4.69, 9.17) is 0 Å². The predicted octanol–water partition coefficient (Wildman–Crippen LogP) is 2.07. The zero-order chi connectivity index (χ0) is 8.97. The van der Waals surface area contributed by atoms with Crippen molar-refractivity contribution >= 4 is 28.5 Å². The first kappa shape index (κ1) is 9.44. The van der Waals surface area contributed by atoms with Gasteiger partial charge in [0.25, 0.3) is 0 Å². The molecule has 3 nitrogen and oxygen atoms in total. The standard InChI is InChI=1S/C8H10IN3/c1-6(2)3-10-8-11-4-7(9)5-12-8/h4-5H,1,3H2,2H3,(H,10,11,12). The number of hydrogen-bond donors (Lipinski definition) is 1. The Labute approximate surface area is 85.5 Å². The minimum absolute atomic E-state index is 0.651. The molecule has 64 valence electrons. The summed E-state index contributed by atoms with van der Waals surface area (Å²) in [6.45, 7) is 6.45. The number of nitrogens with zero attached hydrogens (tertiary/aromatic N) is 2. The molecule has 0 saturated carbocycles. The number of aromatic nitrogens is 2. The lowest BCUT2D eigenvalue weighted by atomic mass is 10.3. The summed E-state index contributed by atoms with van der Waals surface area (Å²) in [6, 6.07) is 0. The van der Waals surface area contributed by atoms with Crippen LogP contribution in [0.1, 0.15) is 6.92 Å². The second-order valence-corrected chi connectivity index (χ2v) is 3.78. The van der Waals surface area contributed by atoms with Gasteiger partial charge in [0.1, 0.15) is 0 Å². The van der Waals surface area contributed by atoms with E-state index in [0.29, 0.717) is 5.95 Å². The number of anilines is 1. The first-order chi connectivity index (χ1) is 5.68. The molecular formula is C8H10IN3. The van der Waals surface area contributed by atoms with Crippen molar-refractivity contribution in [3.8, 4) is 0 Å². The molecule has 0 aromatic carbocycles. The highest BCUT2D eigenvalue weighted by Crippen LogP contribution is 2.02. The maximum atomic E-state index is 4.08. The summed E-state index contributed by atoms with van der Waals surface area (Å²) in [6.07, 6.45) is 3.54. The molecule has 0 bridgehead atoms. The Kier molecular flexibility index (Phi) is 3.46. The van der Waals surface area contributed by atoms with Crippen molar-refractivity contribution < 1.29 is 0 Å². The van der Waals surface area contributed by atoms with E-state index >= 15 is 0 Å².